The van der Waals surface area contributed by atoms with Crippen molar-refractivity contribution in [3.63, 3.8) is 0 Å². The Morgan fingerprint density at radius 3 is 2.41 bits per heavy atom. The lowest BCUT2D eigenvalue weighted by atomic mass is 9.87. The number of thiazole rings is 1. The van der Waals surface area contributed by atoms with E-state index in [9.17, 15) is 4.79 Å². The van der Waals surface area contributed by atoms with Gasteiger partial charge in [0.05, 0.1) is 11.4 Å². The smallest absolute Gasteiger partial charge is 0.234 e. The van der Waals surface area contributed by atoms with E-state index in [0.717, 1.165) is 21.3 Å². The predicted molar refractivity (Wildman–Crippen MR) is 117 cm³/mol. The molecular weight excluding hydrogens is 396 g/mol. The van der Waals surface area contributed by atoms with Crippen LogP contribution in [0.2, 0.25) is 5.02 Å². The molecule has 27 heavy (non-hydrogen) atoms. The Morgan fingerprint density at radius 2 is 1.78 bits per heavy atom. The number of carbonyl (C=O) groups is 1. The summed E-state index contributed by atoms with van der Waals surface area (Å²) in [6, 6.07) is 15.6. The standard InChI is InChI=1S/C21H21ClN2OS2/c1-21(2,3)15-6-10-17(11-7-15)23-19(25)13-27-20-24-18(12-26-20)14-4-8-16(22)9-5-14/h4-12H,13H2,1-3H3,(H,23,25). The Labute approximate surface area is 173 Å². The first-order valence-electron chi connectivity index (χ1n) is 8.56. The van der Waals surface area contributed by atoms with Gasteiger partial charge in [0.2, 0.25) is 5.91 Å². The molecule has 0 fully saturated rings. The number of hydrogen-bond acceptors (Lipinski definition) is 4. The summed E-state index contributed by atoms with van der Waals surface area (Å²) < 4.78 is 0.873. The summed E-state index contributed by atoms with van der Waals surface area (Å²) in [7, 11) is 0. The highest BCUT2D eigenvalue weighted by Crippen LogP contribution is 2.29. The second kappa shape index (κ2) is 8.46. The fraction of sp³-hybridized carbons (Fsp3) is 0.238. The summed E-state index contributed by atoms with van der Waals surface area (Å²) in [5, 5.41) is 5.64. The Hall–Kier alpha value is -1.82. The van der Waals surface area contributed by atoms with Crippen LogP contribution in [-0.2, 0) is 10.2 Å². The first-order valence-corrected chi connectivity index (χ1v) is 10.8. The van der Waals surface area contributed by atoms with Crippen molar-refractivity contribution in [2.45, 2.75) is 30.5 Å². The van der Waals surface area contributed by atoms with Crippen LogP contribution in [0.5, 0.6) is 0 Å². The average Bonchev–Trinajstić information content (AvgIpc) is 3.09. The predicted octanol–water partition coefficient (Wildman–Crippen LogP) is 6.49. The van der Waals surface area contributed by atoms with Crippen LogP contribution in [0.15, 0.2) is 58.3 Å². The van der Waals surface area contributed by atoms with E-state index in [2.05, 4.69) is 43.2 Å². The van der Waals surface area contributed by atoms with Crippen molar-refractivity contribution in [2.75, 3.05) is 11.1 Å². The van der Waals surface area contributed by atoms with Gasteiger partial charge in [-0.25, -0.2) is 4.98 Å². The Bertz CT molecular complexity index is 913. The lowest BCUT2D eigenvalue weighted by Crippen LogP contribution is -2.15. The number of thioether (sulfide) groups is 1. The van der Waals surface area contributed by atoms with E-state index in [4.69, 9.17) is 11.6 Å². The Balaban J connectivity index is 1.54. The van der Waals surface area contributed by atoms with Crippen LogP contribution in [0, 0.1) is 0 Å². The van der Waals surface area contributed by atoms with Gasteiger partial charge in [0.15, 0.2) is 4.34 Å². The molecule has 3 nitrogen and oxygen atoms in total. The number of nitrogens with one attached hydrogen (secondary N) is 1. The number of halogens is 1. The van der Waals surface area contributed by atoms with Gasteiger partial charge in [-0.1, -0.05) is 68.4 Å². The SMILES string of the molecule is CC(C)(C)c1ccc(NC(=O)CSc2nc(-c3ccc(Cl)cc3)cs2)cc1. The lowest BCUT2D eigenvalue weighted by Gasteiger charge is -2.19. The van der Waals surface area contributed by atoms with E-state index in [0.29, 0.717) is 10.8 Å². The van der Waals surface area contributed by atoms with Crippen LogP contribution in [0.1, 0.15) is 26.3 Å². The quantitative estimate of drug-likeness (QED) is 0.483. The molecule has 0 saturated heterocycles. The zero-order valence-electron chi connectivity index (χ0n) is 15.5. The molecule has 0 bridgehead atoms. The fourth-order valence-corrected chi connectivity index (χ4v) is 4.22. The zero-order chi connectivity index (χ0) is 19.4. The topological polar surface area (TPSA) is 42.0 Å². The van der Waals surface area contributed by atoms with Gasteiger partial charge in [0.25, 0.3) is 0 Å². The molecule has 1 amide bonds. The number of carbonyl (C=O) groups excluding carboxylic acids is 1. The van der Waals surface area contributed by atoms with Gasteiger partial charge in [0, 0.05) is 21.7 Å². The average molecular weight is 417 g/mol. The second-order valence-electron chi connectivity index (χ2n) is 7.17. The first kappa shape index (κ1) is 19.9. The van der Waals surface area contributed by atoms with Gasteiger partial charge in [-0.05, 0) is 35.2 Å². The number of nitrogens with zero attached hydrogens (tertiary/aromatic N) is 1. The Morgan fingerprint density at radius 1 is 1.11 bits per heavy atom. The summed E-state index contributed by atoms with van der Waals surface area (Å²) in [6.45, 7) is 6.51. The number of benzene rings is 2. The molecule has 1 heterocycles. The monoisotopic (exact) mass is 416 g/mol. The van der Waals surface area contributed by atoms with Crippen LogP contribution in [0.25, 0.3) is 11.3 Å². The fourth-order valence-electron chi connectivity index (χ4n) is 2.45. The summed E-state index contributed by atoms with van der Waals surface area (Å²) in [5.74, 6) is 0.293. The molecule has 3 aromatic rings. The molecule has 0 radical (unpaired) electrons. The molecule has 6 heteroatoms. The molecule has 0 aliphatic carbocycles. The summed E-state index contributed by atoms with van der Waals surface area (Å²) in [6.07, 6.45) is 0. The van der Waals surface area contributed by atoms with E-state index in [-0.39, 0.29) is 11.3 Å². The number of amides is 1. The molecule has 0 saturated carbocycles. The van der Waals surface area contributed by atoms with E-state index in [1.165, 1.54) is 17.3 Å². The van der Waals surface area contributed by atoms with E-state index in [1.807, 2.05) is 41.8 Å². The van der Waals surface area contributed by atoms with Crippen LogP contribution < -0.4 is 5.32 Å². The molecule has 1 aromatic heterocycles. The molecule has 140 valence electrons. The highest BCUT2D eigenvalue weighted by atomic mass is 35.5. The maximum absolute atomic E-state index is 12.2. The van der Waals surface area contributed by atoms with Crippen LogP contribution in [-0.4, -0.2) is 16.6 Å². The minimum absolute atomic E-state index is 0.0354. The summed E-state index contributed by atoms with van der Waals surface area (Å²) >= 11 is 8.90. The van der Waals surface area contributed by atoms with E-state index in [1.54, 1.807) is 11.3 Å². The minimum Gasteiger partial charge on any atom is -0.325 e. The van der Waals surface area contributed by atoms with Gasteiger partial charge in [-0.2, -0.15) is 0 Å². The number of aromatic nitrogens is 1. The van der Waals surface area contributed by atoms with Crippen molar-refractivity contribution in [3.05, 3.63) is 64.5 Å². The van der Waals surface area contributed by atoms with E-state index < -0.39 is 0 Å². The summed E-state index contributed by atoms with van der Waals surface area (Å²) in [4.78, 5) is 16.8. The number of anilines is 1. The highest BCUT2D eigenvalue weighted by molar-refractivity contribution is 8.01. The van der Waals surface area contributed by atoms with E-state index >= 15 is 0 Å². The third-order valence-electron chi connectivity index (χ3n) is 3.98. The molecule has 1 N–H and O–H groups in total. The minimum atomic E-state index is -0.0354. The van der Waals surface area contributed by atoms with Crippen molar-refractivity contribution in [1.29, 1.82) is 0 Å². The van der Waals surface area contributed by atoms with Gasteiger partial charge in [0.1, 0.15) is 0 Å². The normalized spacial score (nSPS) is 11.4. The molecule has 0 aliphatic heterocycles. The second-order valence-corrected chi connectivity index (χ2v) is 9.69. The van der Waals surface area contributed by atoms with Crippen LogP contribution >= 0.6 is 34.7 Å². The van der Waals surface area contributed by atoms with Crippen LogP contribution in [0.4, 0.5) is 5.69 Å². The molecule has 0 aliphatic rings. The number of rotatable bonds is 5. The Kier molecular flexibility index (Phi) is 6.25. The zero-order valence-corrected chi connectivity index (χ0v) is 17.8. The van der Waals surface area contributed by atoms with Gasteiger partial charge in [-0.3, -0.25) is 4.79 Å². The van der Waals surface area contributed by atoms with Crippen molar-refractivity contribution < 1.29 is 4.79 Å². The third-order valence-corrected chi connectivity index (χ3v) is 6.26. The molecular formula is C21H21ClN2OS2. The molecule has 2 aromatic carbocycles. The molecule has 3 rings (SSSR count). The number of hydrogen-bond donors (Lipinski definition) is 1. The molecule has 0 unspecified atom stereocenters. The molecule has 0 atom stereocenters. The maximum Gasteiger partial charge on any atom is 0.234 e. The first-order chi connectivity index (χ1) is 12.8. The van der Waals surface area contributed by atoms with Crippen molar-refractivity contribution >= 4 is 46.3 Å². The maximum atomic E-state index is 12.2. The largest absolute Gasteiger partial charge is 0.325 e. The van der Waals surface area contributed by atoms with Gasteiger partial charge < -0.3 is 5.32 Å². The summed E-state index contributed by atoms with van der Waals surface area (Å²) in [5.41, 5.74) is 4.08. The van der Waals surface area contributed by atoms with Gasteiger partial charge >= 0.3 is 0 Å². The molecule has 0 spiro atoms. The highest BCUT2D eigenvalue weighted by Gasteiger charge is 2.13. The van der Waals surface area contributed by atoms with Crippen LogP contribution in [0.3, 0.4) is 0 Å². The lowest BCUT2D eigenvalue weighted by molar-refractivity contribution is -0.113. The third kappa shape index (κ3) is 5.58. The van der Waals surface area contributed by atoms with Crippen molar-refractivity contribution in [1.82, 2.24) is 4.98 Å². The van der Waals surface area contributed by atoms with Gasteiger partial charge in [-0.15, -0.1) is 11.3 Å². The van der Waals surface area contributed by atoms with Crippen molar-refractivity contribution in [3.8, 4) is 11.3 Å². The van der Waals surface area contributed by atoms with Crippen molar-refractivity contribution in [2.24, 2.45) is 0 Å².